The van der Waals surface area contributed by atoms with Crippen LogP contribution in [0.25, 0.3) is 0 Å². The van der Waals surface area contributed by atoms with Gasteiger partial charge in [0.25, 0.3) is 0 Å². The highest BCUT2D eigenvalue weighted by atomic mass is 16.5. The van der Waals surface area contributed by atoms with Crippen LogP contribution in [0.2, 0.25) is 0 Å². The standard InChI is InChI=1S/C20H24N2O3/c1-14(16-7-6-8-17(11-16)24-3)21-12-18-13-22(15(2)23)19-9-4-5-10-20(19)25-18/h4-11,14,18,21H,12-13H2,1-3H3/t14-,18?/m1/s1. The highest BCUT2D eigenvalue weighted by molar-refractivity contribution is 5.93. The fraction of sp³-hybridized carbons (Fsp3) is 0.350. The zero-order valence-corrected chi connectivity index (χ0v) is 14.9. The average Bonchev–Trinajstić information content (AvgIpc) is 2.65. The Morgan fingerprint density at radius 1 is 1.32 bits per heavy atom. The molecule has 1 aliphatic rings. The lowest BCUT2D eigenvalue weighted by Crippen LogP contribution is -2.47. The van der Waals surface area contributed by atoms with E-state index in [4.69, 9.17) is 9.47 Å². The molecule has 2 aromatic rings. The molecule has 0 spiro atoms. The van der Waals surface area contributed by atoms with E-state index >= 15 is 0 Å². The lowest BCUT2D eigenvalue weighted by atomic mass is 10.1. The first-order valence-corrected chi connectivity index (χ1v) is 8.49. The van der Waals surface area contributed by atoms with Crippen LogP contribution in [0.1, 0.15) is 25.5 Å². The van der Waals surface area contributed by atoms with Crippen LogP contribution in [-0.2, 0) is 4.79 Å². The van der Waals surface area contributed by atoms with Crippen molar-refractivity contribution in [3.05, 3.63) is 54.1 Å². The quantitative estimate of drug-likeness (QED) is 0.908. The fourth-order valence-electron chi connectivity index (χ4n) is 3.04. The molecule has 0 saturated heterocycles. The lowest BCUT2D eigenvalue weighted by molar-refractivity contribution is -0.117. The van der Waals surface area contributed by atoms with E-state index in [0.717, 1.165) is 22.7 Å². The second-order valence-electron chi connectivity index (χ2n) is 6.24. The van der Waals surface area contributed by atoms with Crippen molar-refractivity contribution >= 4 is 11.6 Å². The van der Waals surface area contributed by atoms with Crippen molar-refractivity contribution in [1.82, 2.24) is 5.32 Å². The van der Waals surface area contributed by atoms with Gasteiger partial charge < -0.3 is 19.7 Å². The molecule has 25 heavy (non-hydrogen) atoms. The number of anilines is 1. The zero-order valence-electron chi connectivity index (χ0n) is 14.9. The van der Waals surface area contributed by atoms with Gasteiger partial charge >= 0.3 is 0 Å². The highest BCUT2D eigenvalue weighted by Crippen LogP contribution is 2.33. The molecule has 0 bridgehead atoms. The number of fused-ring (bicyclic) bond motifs is 1. The van der Waals surface area contributed by atoms with Gasteiger partial charge in [-0.2, -0.15) is 0 Å². The molecule has 0 aromatic heterocycles. The number of carbonyl (C=O) groups is 1. The first kappa shape index (κ1) is 17.3. The minimum Gasteiger partial charge on any atom is -0.497 e. The number of nitrogens with one attached hydrogen (secondary N) is 1. The Balaban J connectivity index is 1.66. The molecule has 3 rings (SSSR count). The molecule has 0 aliphatic carbocycles. The van der Waals surface area contributed by atoms with Crippen molar-refractivity contribution in [2.75, 3.05) is 25.1 Å². The van der Waals surface area contributed by atoms with Gasteiger partial charge in [-0.15, -0.1) is 0 Å². The molecule has 0 fully saturated rings. The summed E-state index contributed by atoms with van der Waals surface area (Å²) in [6.45, 7) is 4.89. The van der Waals surface area contributed by atoms with E-state index in [1.807, 2.05) is 42.5 Å². The number of amides is 1. The second kappa shape index (κ2) is 7.57. The van der Waals surface area contributed by atoms with Gasteiger partial charge in [0.2, 0.25) is 5.91 Å². The molecular weight excluding hydrogens is 316 g/mol. The Morgan fingerprint density at radius 2 is 2.12 bits per heavy atom. The predicted molar refractivity (Wildman–Crippen MR) is 98.3 cm³/mol. The number of rotatable bonds is 5. The predicted octanol–water partition coefficient (Wildman–Crippen LogP) is 3.16. The van der Waals surface area contributed by atoms with Crippen molar-refractivity contribution in [3.63, 3.8) is 0 Å². The summed E-state index contributed by atoms with van der Waals surface area (Å²) in [5.41, 5.74) is 1.99. The summed E-state index contributed by atoms with van der Waals surface area (Å²) in [7, 11) is 1.67. The number of ether oxygens (including phenoxy) is 2. The SMILES string of the molecule is COc1cccc([C@@H](C)NCC2CN(C(C)=O)c3ccccc3O2)c1. The third-order valence-corrected chi connectivity index (χ3v) is 4.46. The molecule has 1 amide bonds. The van der Waals surface area contributed by atoms with Crippen molar-refractivity contribution < 1.29 is 14.3 Å². The average molecular weight is 340 g/mol. The summed E-state index contributed by atoms with van der Waals surface area (Å²) in [6, 6.07) is 15.8. The van der Waals surface area contributed by atoms with Gasteiger partial charge in [-0.1, -0.05) is 24.3 Å². The van der Waals surface area contributed by atoms with Crippen molar-refractivity contribution in [2.45, 2.75) is 26.0 Å². The summed E-state index contributed by atoms with van der Waals surface area (Å²) in [4.78, 5) is 13.8. The van der Waals surface area contributed by atoms with Crippen molar-refractivity contribution in [1.29, 1.82) is 0 Å². The van der Waals surface area contributed by atoms with Gasteiger partial charge in [0.05, 0.1) is 19.3 Å². The van der Waals surface area contributed by atoms with Crippen LogP contribution >= 0.6 is 0 Å². The topological polar surface area (TPSA) is 50.8 Å². The summed E-state index contributed by atoms with van der Waals surface area (Å²) >= 11 is 0. The number of benzene rings is 2. The van der Waals surface area contributed by atoms with Gasteiger partial charge in [0.1, 0.15) is 17.6 Å². The molecule has 0 radical (unpaired) electrons. The molecule has 5 nitrogen and oxygen atoms in total. The maximum atomic E-state index is 12.0. The Labute approximate surface area is 148 Å². The summed E-state index contributed by atoms with van der Waals surface area (Å²) in [6.07, 6.45) is -0.0909. The maximum Gasteiger partial charge on any atom is 0.224 e. The summed E-state index contributed by atoms with van der Waals surface area (Å²) < 4.78 is 11.3. The molecule has 1 aliphatic heterocycles. The van der Waals surface area contributed by atoms with Crippen LogP contribution in [0.15, 0.2) is 48.5 Å². The van der Waals surface area contributed by atoms with E-state index in [-0.39, 0.29) is 18.1 Å². The van der Waals surface area contributed by atoms with Crippen LogP contribution < -0.4 is 19.7 Å². The lowest BCUT2D eigenvalue weighted by Gasteiger charge is -2.35. The van der Waals surface area contributed by atoms with E-state index in [1.54, 1.807) is 18.9 Å². The molecule has 0 saturated carbocycles. The number of nitrogens with zero attached hydrogens (tertiary/aromatic N) is 1. The van der Waals surface area contributed by atoms with Crippen LogP contribution in [0.5, 0.6) is 11.5 Å². The maximum absolute atomic E-state index is 12.0. The normalized spacial score (nSPS) is 17.4. The Kier molecular flexibility index (Phi) is 5.24. The van der Waals surface area contributed by atoms with E-state index in [2.05, 4.69) is 18.3 Å². The second-order valence-corrected chi connectivity index (χ2v) is 6.24. The monoisotopic (exact) mass is 340 g/mol. The molecule has 1 N–H and O–H groups in total. The first-order valence-electron chi connectivity index (χ1n) is 8.49. The van der Waals surface area contributed by atoms with Crippen LogP contribution in [0.3, 0.4) is 0 Å². The molecular formula is C20H24N2O3. The zero-order chi connectivity index (χ0) is 17.8. The van der Waals surface area contributed by atoms with E-state index in [9.17, 15) is 4.79 Å². The summed E-state index contributed by atoms with van der Waals surface area (Å²) in [5, 5.41) is 3.49. The van der Waals surface area contributed by atoms with Gasteiger partial charge in [0.15, 0.2) is 0 Å². The number of hydrogen-bond donors (Lipinski definition) is 1. The van der Waals surface area contributed by atoms with Gasteiger partial charge in [-0.3, -0.25) is 4.79 Å². The Hall–Kier alpha value is -2.53. The van der Waals surface area contributed by atoms with Gasteiger partial charge in [-0.25, -0.2) is 0 Å². The van der Waals surface area contributed by atoms with Crippen LogP contribution in [0.4, 0.5) is 5.69 Å². The minimum atomic E-state index is -0.0909. The first-order chi connectivity index (χ1) is 12.1. The summed E-state index contributed by atoms with van der Waals surface area (Å²) in [5.74, 6) is 1.63. The molecule has 132 valence electrons. The van der Waals surface area contributed by atoms with Crippen LogP contribution in [0, 0.1) is 0 Å². The fourth-order valence-corrected chi connectivity index (χ4v) is 3.04. The van der Waals surface area contributed by atoms with Crippen molar-refractivity contribution in [2.24, 2.45) is 0 Å². The smallest absolute Gasteiger partial charge is 0.224 e. The number of para-hydroxylation sites is 2. The number of carbonyl (C=O) groups excluding carboxylic acids is 1. The molecule has 5 heteroatoms. The molecule has 2 atom stereocenters. The largest absolute Gasteiger partial charge is 0.497 e. The third-order valence-electron chi connectivity index (χ3n) is 4.46. The number of methoxy groups -OCH3 is 1. The van der Waals surface area contributed by atoms with Crippen LogP contribution in [-0.4, -0.2) is 32.2 Å². The van der Waals surface area contributed by atoms with Crippen molar-refractivity contribution in [3.8, 4) is 11.5 Å². The minimum absolute atomic E-state index is 0.0293. The number of hydrogen-bond acceptors (Lipinski definition) is 4. The molecule has 1 heterocycles. The highest BCUT2D eigenvalue weighted by Gasteiger charge is 2.27. The van der Waals surface area contributed by atoms with E-state index in [0.29, 0.717) is 13.1 Å². The van der Waals surface area contributed by atoms with E-state index < -0.39 is 0 Å². The molecule has 1 unspecified atom stereocenters. The third kappa shape index (κ3) is 3.94. The molecule has 2 aromatic carbocycles. The van der Waals surface area contributed by atoms with E-state index in [1.165, 1.54) is 0 Å². The van der Waals surface area contributed by atoms with Gasteiger partial charge in [0, 0.05) is 19.5 Å². The Bertz CT molecular complexity index is 747. The Morgan fingerprint density at radius 3 is 2.88 bits per heavy atom. The van der Waals surface area contributed by atoms with Gasteiger partial charge in [-0.05, 0) is 36.8 Å².